The Morgan fingerprint density at radius 1 is 1.15 bits per heavy atom. The molecule has 3 atom stereocenters. The Bertz CT molecular complexity index is 268. The van der Waals surface area contributed by atoms with E-state index in [9.17, 15) is 13.2 Å². The highest BCUT2D eigenvalue weighted by Gasteiger charge is 2.31. The maximum absolute atomic E-state index is 12.2. The molecule has 0 amide bonds. The molecule has 20 heavy (non-hydrogen) atoms. The summed E-state index contributed by atoms with van der Waals surface area (Å²) in [5.74, 6) is 0.688. The van der Waals surface area contributed by atoms with Gasteiger partial charge in [0, 0.05) is 12.1 Å². The van der Waals surface area contributed by atoms with Gasteiger partial charge in [0.25, 0.3) is 0 Å². The van der Waals surface area contributed by atoms with E-state index in [1.807, 2.05) is 0 Å². The molecule has 0 aromatic heterocycles. The van der Waals surface area contributed by atoms with Crippen molar-refractivity contribution < 1.29 is 17.9 Å². The number of alkyl halides is 3. The molecule has 2 nitrogen and oxygen atoms in total. The van der Waals surface area contributed by atoms with Crippen LogP contribution in [-0.4, -0.2) is 31.0 Å². The van der Waals surface area contributed by atoms with E-state index in [4.69, 9.17) is 4.74 Å². The third kappa shape index (κ3) is 8.10. The van der Waals surface area contributed by atoms with Gasteiger partial charge in [-0.3, -0.25) is 0 Å². The smallest absolute Gasteiger partial charge is 0.369 e. The lowest BCUT2D eigenvalue weighted by Gasteiger charge is -2.32. The summed E-state index contributed by atoms with van der Waals surface area (Å²) < 4.78 is 41.5. The van der Waals surface area contributed by atoms with E-state index in [1.165, 1.54) is 6.42 Å². The van der Waals surface area contributed by atoms with Gasteiger partial charge in [-0.1, -0.05) is 13.8 Å². The molecule has 0 bridgehead atoms. The lowest BCUT2D eigenvalue weighted by atomic mass is 9.91. The Labute approximate surface area is 120 Å². The molecule has 0 heterocycles. The quantitative estimate of drug-likeness (QED) is 0.756. The molecule has 0 aromatic rings. The molecule has 1 N–H and O–H groups in total. The molecule has 1 aliphatic carbocycles. The maximum Gasteiger partial charge on any atom is 0.411 e. The first kappa shape index (κ1) is 17.8. The molecule has 1 aliphatic rings. The molecule has 0 spiro atoms. The third-order valence-electron chi connectivity index (χ3n) is 3.81. The molecule has 5 heteroatoms. The van der Waals surface area contributed by atoms with Crippen LogP contribution in [0.1, 0.15) is 59.3 Å². The van der Waals surface area contributed by atoms with Crippen LogP contribution in [0.4, 0.5) is 13.2 Å². The average molecular weight is 295 g/mol. The van der Waals surface area contributed by atoms with Crippen molar-refractivity contribution in [3.05, 3.63) is 0 Å². The minimum absolute atomic E-state index is 0.250. The number of hydrogen-bond acceptors (Lipinski definition) is 2. The lowest BCUT2D eigenvalue weighted by molar-refractivity contribution is -0.188. The monoisotopic (exact) mass is 295 g/mol. The van der Waals surface area contributed by atoms with Gasteiger partial charge >= 0.3 is 6.18 Å². The summed E-state index contributed by atoms with van der Waals surface area (Å²) in [5, 5.41) is 3.54. The fourth-order valence-electron chi connectivity index (χ4n) is 2.73. The van der Waals surface area contributed by atoms with Crippen LogP contribution in [-0.2, 0) is 4.74 Å². The predicted molar refractivity (Wildman–Crippen MR) is 74.7 cm³/mol. The van der Waals surface area contributed by atoms with Crippen molar-refractivity contribution in [2.75, 3.05) is 6.61 Å². The van der Waals surface area contributed by atoms with E-state index in [1.54, 1.807) is 0 Å². The Kier molecular flexibility index (Phi) is 7.30. The number of hydrogen-bond donors (Lipinski definition) is 1. The summed E-state index contributed by atoms with van der Waals surface area (Å²) in [6.45, 7) is 5.44. The van der Waals surface area contributed by atoms with Crippen molar-refractivity contribution >= 4 is 0 Å². The molecule has 1 saturated carbocycles. The fourth-order valence-corrected chi connectivity index (χ4v) is 2.73. The number of rotatable bonds is 7. The van der Waals surface area contributed by atoms with Gasteiger partial charge in [-0.25, -0.2) is 0 Å². The second-order valence-electron chi connectivity index (χ2n) is 6.45. The van der Waals surface area contributed by atoms with Gasteiger partial charge < -0.3 is 10.1 Å². The van der Waals surface area contributed by atoms with E-state index in [0.717, 1.165) is 25.7 Å². The highest BCUT2D eigenvalue weighted by molar-refractivity contribution is 4.81. The molecule has 120 valence electrons. The van der Waals surface area contributed by atoms with Crippen LogP contribution < -0.4 is 5.32 Å². The fraction of sp³-hybridized carbons (Fsp3) is 1.00. The molecule has 3 unspecified atom stereocenters. The minimum Gasteiger partial charge on any atom is -0.369 e. The first-order valence-electron chi connectivity index (χ1n) is 7.70. The molecule has 1 fully saturated rings. The zero-order valence-corrected chi connectivity index (χ0v) is 12.8. The largest absolute Gasteiger partial charge is 0.411 e. The predicted octanol–water partition coefficient (Wildman–Crippen LogP) is 4.29. The van der Waals surface area contributed by atoms with Gasteiger partial charge in [0.15, 0.2) is 0 Å². The van der Waals surface area contributed by atoms with Crippen molar-refractivity contribution in [1.82, 2.24) is 5.32 Å². The van der Waals surface area contributed by atoms with Crippen LogP contribution in [0.3, 0.4) is 0 Å². The summed E-state index contributed by atoms with van der Waals surface area (Å²) in [5.41, 5.74) is 0. The Morgan fingerprint density at radius 2 is 1.85 bits per heavy atom. The standard InChI is InChI=1S/C15H28F3NO/c1-11(2)7-8-12(3)19-13-5-4-6-14(9-13)20-10-15(16,17)18/h11-14,19H,4-10H2,1-3H3. The van der Waals surface area contributed by atoms with Crippen LogP contribution in [0.2, 0.25) is 0 Å². The summed E-state index contributed by atoms with van der Waals surface area (Å²) >= 11 is 0. The molecule has 0 aliphatic heterocycles. The zero-order chi connectivity index (χ0) is 15.2. The van der Waals surface area contributed by atoms with Crippen LogP contribution in [0.15, 0.2) is 0 Å². The zero-order valence-electron chi connectivity index (χ0n) is 12.8. The van der Waals surface area contributed by atoms with Crippen molar-refractivity contribution in [3.8, 4) is 0 Å². The maximum atomic E-state index is 12.2. The molecular weight excluding hydrogens is 267 g/mol. The topological polar surface area (TPSA) is 21.3 Å². The molecule has 0 radical (unpaired) electrons. The molecule has 1 rings (SSSR count). The third-order valence-corrected chi connectivity index (χ3v) is 3.81. The summed E-state index contributed by atoms with van der Waals surface area (Å²) in [6, 6.07) is 0.716. The number of halogens is 3. The van der Waals surface area contributed by atoms with Crippen LogP contribution >= 0.6 is 0 Å². The Balaban J connectivity index is 2.26. The van der Waals surface area contributed by atoms with E-state index in [2.05, 4.69) is 26.1 Å². The normalized spacial score (nSPS) is 25.9. The lowest BCUT2D eigenvalue weighted by Crippen LogP contribution is -2.42. The van der Waals surface area contributed by atoms with E-state index < -0.39 is 12.8 Å². The van der Waals surface area contributed by atoms with Gasteiger partial charge in [0.05, 0.1) is 6.10 Å². The van der Waals surface area contributed by atoms with Gasteiger partial charge in [0.1, 0.15) is 6.61 Å². The van der Waals surface area contributed by atoms with E-state index >= 15 is 0 Å². The minimum atomic E-state index is -4.22. The summed E-state index contributed by atoms with van der Waals surface area (Å²) in [4.78, 5) is 0. The Hall–Kier alpha value is -0.290. The first-order chi connectivity index (χ1) is 9.26. The van der Waals surface area contributed by atoms with E-state index in [-0.39, 0.29) is 6.10 Å². The first-order valence-corrected chi connectivity index (χ1v) is 7.70. The van der Waals surface area contributed by atoms with Crippen LogP contribution in [0, 0.1) is 5.92 Å². The van der Waals surface area contributed by atoms with Gasteiger partial charge in [-0.05, 0) is 51.4 Å². The van der Waals surface area contributed by atoms with E-state index in [0.29, 0.717) is 24.4 Å². The van der Waals surface area contributed by atoms with Crippen molar-refractivity contribution in [3.63, 3.8) is 0 Å². The second-order valence-corrected chi connectivity index (χ2v) is 6.45. The van der Waals surface area contributed by atoms with Crippen molar-refractivity contribution in [2.24, 2.45) is 5.92 Å². The molecule has 0 saturated heterocycles. The van der Waals surface area contributed by atoms with Gasteiger partial charge in [-0.15, -0.1) is 0 Å². The Morgan fingerprint density at radius 3 is 2.45 bits per heavy atom. The average Bonchev–Trinajstić information content (AvgIpc) is 2.34. The number of nitrogens with one attached hydrogen (secondary N) is 1. The number of ether oxygens (including phenoxy) is 1. The second kappa shape index (κ2) is 8.23. The highest BCUT2D eigenvalue weighted by Crippen LogP contribution is 2.24. The molecule has 0 aromatic carbocycles. The molecular formula is C15H28F3NO. The SMILES string of the molecule is CC(C)CCC(C)NC1CCCC(OCC(F)(F)F)C1. The van der Waals surface area contributed by atoms with Gasteiger partial charge in [-0.2, -0.15) is 13.2 Å². The van der Waals surface area contributed by atoms with Crippen LogP contribution in [0.25, 0.3) is 0 Å². The van der Waals surface area contributed by atoms with Crippen molar-refractivity contribution in [1.29, 1.82) is 0 Å². The summed E-state index contributed by atoms with van der Waals surface area (Å²) in [6.07, 6.45) is 1.24. The van der Waals surface area contributed by atoms with Crippen molar-refractivity contribution in [2.45, 2.75) is 83.7 Å². The van der Waals surface area contributed by atoms with Gasteiger partial charge in [0.2, 0.25) is 0 Å². The van der Waals surface area contributed by atoms with Crippen LogP contribution in [0.5, 0.6) is 0 Å². The summed E-state index contributed by atoms with van der Waals surface area (Å²) in [7, 11) is 0. The highest BCUT2D eigenvalue weighted by atomic mass is 19.4.